The van der Waals surface area contributed by atoms with Crippen LogP contribution in [0.1, 0.15) is 48.1 Å². The van der Waals surface area contributed by atoms with Gasteiger partial charge < -0.3 is 34.9 Å². The van der Waals surface area contributed by atoms with Crippen LogP contribution in [-0.2, 0) is 19.6 Å². The Bertz CT molecular complexity index is 2440. The van der Waals surface area contributed by atoms with Crippen molar-refractivity contribution in [2.75, 3.05) is 65.3 Å². The molecule has 2 saturated heterocycles. The number of nitro groups is 2. The smallest absolute Gasteiger partial charge is 0.270 e. The van der Waals surface area contributed by atoms with Crippen LogP contribution in [-0.4, -0.2) is 79.3 Å². The zero-order valence-electron chi connectivity index (χ0n) is 36.5. The van der Waals surface area contributed by atoms with Gasteiger partial charge in [0.15, 0.2) is 33.3 Å². The fourth-order valence-electron chi connectivity index (χ4n) is 7.08. The number of nitro benzene ring substituents is 2. The zero-order valence-corrected chi connectivity index (χ0v) is 38.1. The van der Waals surface area contributed by atoms with E-state index in [1.54, 1.807) is 64.0 Å². The molecule has 18 heteroatoms. The van der Waals surface area contributed by atoms with E-state index in [2.05, 4.69) is 25.8 Å². The lowest BCUT2D eigenvalue weighted by Gasteiger charge is -2.26. The maximum atomic E-state index is 11.3. The van der Waals surface area contributed by atoms with Crippen molar-refractivity contribution in [2.45, 2.75) is 51.7 Å². The van der Waals surface area contributed by atoms with Crippen molar-refractivity contribution in [3.05, 3.63) is 127 Å². The standard InChI is InChI=1S/C24H28N4O4S.C18H17N3O4S.C4H9N/c1-31-20-10-9-17(13-21(20)32-2)15-25-24-26-23(18-7-6-8-19(14-18)28(29)30)22(33-24)16-27-11-4-3-5-12-27;1-24-16-7-6-12(8-17(16)25-2)10-19-18-20-15(11-26-18)13-4-3-5-14(9-13)21(22)23;1-2-4-5-3-1/h6-10,13-14H,3-5,11-12,15-16H2,1-2H3,(H,25,26);3-9,11H,10H2,1-2H3,(H,19,20);5H,1-4H2. The van der Waals surface area contributed by atoms with E-state index in [1.165, 1.54) is 74.7 Å². The first-order valence-corrected chi connectivity index (χ1v) is 22.6. The number of hydrogen-bond donors (Lipinski definition) is 3. The van der Waals surface area contributed by atoms with Crippen molar-refractivity contribution >= 4 is 44.3 Å². The first kappa shape index (κ1) is 47.1. The zero-order chi connectivity index (χ0) is 45.3. The number of rotatable bonds is 16. The Morgan fingerprint density at radius 2 is 1.20 bits per heavy atom. The van der Waals surface area contributed by atoms with Crippen molar-refractivity contribution in [1.82, 2.24) is 20.2 Å². The summed E-state index contributed by atoms with van der Waals surface area (Å²) in [6, 6.07) is 24.7. The molecule has 0 saturated carbocycles. The molecule has 64 heavy (non-hydrogen) atoms. The van der Waals surface area contributed by atoms with Gasteiger partial charge in [-0.3, -0.25) is 25.1 Å². The monoisotopic (exact) mass is 910 g/mol. The molecular formula is C46H54N8O8S2. The maximum Gasteiger partial charge on any atom is 0.270 e. The molecule has 0 aliphatic carbocycles. The number of non-ortho nitro benzene ring substituents is 2. The van der Waals surface area contributed by atoms with Gasteiger partial charge in [-0.2, -0.15) is 0 Å². The molecule has 0 atom stereocenters. The van der Waals surface area contributed by atoms with Crippen LogP contribution >= 0.6 is 22.7 Å². The second-order valence-corrected chi connectivity index (χ2v) is 16.8. The predicted molar refractivity (Wildman–Crippen MR) is 253 cm³/mol. The van der Waals surface area contributed by atoms with Crippen LogP contribution in [0.2, 0.25) is 0 Å². The lowest BCUT2D eigenvalue weighted by molar-refractivity contribution is -0.385. The second kappa shape index (κ2) is 23.9. The van der Waals surface area contributed by atoms with Crippen molar-refractivity contribution in [2.24, 2.45) is 0 Å². The summed E-state index contributed by atoms with van der Waals surface area (Å²) in [4.78, 5) is 34.3. The highest BCUT2D eigenvalue weighted by atomic mass is 32.1. The summed E-state index contributed by atoms with van der Waals surface area (Å²) in [6.45, 7) is 6.59. The van der Waals surface area contributed by atoms with Gasteiger partial charge in [-0.15, -0.1) is 22.7 Å². The Balaban J connectivity index is 0.000000195. The first-order chi connectivity index (χ1) is 31.2. The average molecular weight is 911 g/mol. The van der Waals surface area contributed by atoms with Crippen LogP contribution in [0, 0.1) is 20.2 Å². The van der Waals surface area contributed by atoms with Crippen LogP contribution in [0.5, 0.6) is 23.0 Å². The normalized spacial score (nSPS) is 13.4. The second-order valence-electron chi connectivity index (χ2n) is 14.8. The Kier molecular flexibility index (Phi) is 17.6. The maximum absolute atomic E-state index is 11.3. The number of nitrogens with zero attached hydrogens (tertiary/aromatic N) is 5. The number of benzene rings is 4. The summed E-state index contributed by atoms with van der Waals surface area (Å²) < 4.78 is 21.2. The summed E-state index contributed by atoms with van der Waals surface area (Å²) in [7, 11) is 6.43. The summed E-state index contributed by atoms with van der Waals surface area (Å²) in [5.41, 5.74) is 5.19. The lowest BCUT2D eigenvalue weighted by Crippen LogP contribution is -2.28. The molecule has 0 amide bonds. The Morgan fingerprint density at radius 3 is 1.73 bits per heavy atom. The molecule has 2 fully saturated rings. The molecule has 0 bridgehead atoms. The van der Waals surface area contributed by atoms with Crippen molar-refractivity contribution in [3.63, 3.8) is 0 Å². The van der Waals surface area contributed by atoms with Crippen molar-refractivity contribution < 1.29 is 28.8 Å². The van der Waals surface area contributed by atoms with Crippen LogP contribution in [0.4, 0.5) is 21.6 Å². The highest BCUT2D eigenvalue weighted by molar-refractivity contribution is 7.16. The molecule has 338 valence electrons. The Labute approximate surface area is 380 Å². The van der Waals surface area contributed by atoms with Gasteiger partial charge in [0.25, 0.3) is 11.4 Å². The molecule has 0 radical (unpaired) electrons. The largest absolute Gasteiger partial charge is 0.493 e. The number of nitrogens with one attached hydrogen (secondary N) is 3. The van der Waals surface area contributed by atoms with Gasteiger partial charge in [0, 0.05) is 65.3 Å². The summed E-state index contributed by atoms with van der Waals surface area (Å²) >= 11 is 3.06. The molecule has 4 heterocycles. The van der Waals surface area contributed by atoms with Gasteiger partial charge in [-0.25, -0.2) is 9.97 Å². The van der Waals surface area contributed by atoms with E-state index in [0.29, 0.717) is 41.8 Å². The third-order valence-electron chi connectivity index (χ3n) is 10.4. The van der Waals surface area contributed by atoms with E-state index in [9.17, 15) is 20.2 Å². The molecule has 2 aliphatic heterocycles. The fraction of sp³-hybridized carbons (Fsp3) is 0.348. The van der Waals surface area contributed by atoms with Gasteiger partial charge in [0.1, 0.15) is 0 Å². The highest BCUT2D eigenvalue weighted by Gasteiger charge is 2.20. The number of thiazole rings is 2. The summed E-state index contributed by atoms with van der Waals surface area (Å²) in [5, 5.41) is 35.5. The molecule has 3 N–H and O–H groups in total. The lowest BCUT2D eigenvalue weighted by atomic mass is 10.1. The molecule has 16 nitrogen and oxygen atoms in total. The third-order valence-corrected chi connectivity index (χ3v) is 12.2. The number of methoxy groups -OCH3 is 4. The number of aromatic nitrogens is 2. The summed E-state index contributed by atoms with van der Waals surface area (Å²) in [5.74, 6) is 2.72. The Hall–Kier alpha value is -6.34. The van der Waals surface area contributed by atoms with Crippen molar-refractivity contribution in [1.29, 1.82) is 0 Å². The van der Waals surface area contributed by atoms with E-state index in [-0.39, 0.29) is 16.3 Å². The van der Waals surface area contributed by atoms with Crippen LogP contribution in [0.3, 0.4) is 0 Å². The van der Waals surface area contributed by atoms with E-state index in [0.717, 1.165) is 62.7 Å². The number of likely N-dealkylation sites (tertiary alicyclic amines) is 1. The van der Waals surface area contributed by atoms with Gasteiger partial charge in [-0.1, -0.05) is 42.8 Å². The minimum absolute atomic E-state index is 0.0512. The van der Waals surface area contributed by atoms with Gasteiger partial charge >= 0.3 is 0 Å². The van der Waals surface area contributed by atoms with Gasteiger partial charge in [0.05, 0.1) is 49.7 Å². The average Bonchev–Trinajstić information content (AvgIpc) is 4.15. The van der Waals surface area contributed by atoms with E-state index in [1.807, 2.05) is 47.8 Å². The highest BCUT2D eigenvalue weighted by Crippen LogP contribution is 2.36. The third kappa shape index (κ3) is 13.3. The molecule has 0 spiro atoms. The minimum atomic E-state index is -0.411. The van der Waals surface area contributed by atoms with Crippen LogP contribution < -0.4 is 34.9 Å². The molecular weight excluding hydrogens is 857 g/mol. The molecule has 6 aromatic rings. The predicted octanol–water partition coefficient (Wildman–Crippen LogP) is 10.1. The molecule has 2 aromatic heterocycles. The van der Waals surface area contributed by atoms with E-state index >= 15 is 0 Å². The number of piperidine rings is 1. The van der Waals surface area contributed by atoms with E-state index in [4.69, 9.17) is 23.9 Å². The molecule has 0 unspecified atom stereocenters. The van der Waals surface area contributed by atoms with E-state index < -0.39 is 4.92 Å². The molecule has 4 aromatic carbocycles. The minimum Gasteiger partial charge on any atom is -0.493 e. The molecule has 8 rings (SSSR count). The topological polar surface area (TPSA) is 188 Å². The van der Waals surface area contributed by atoms with Crippen LogP contribution in [0.25, 0.3) is 22.5 Å². The SMILES string of the molecule is C1CCNC1.COc1ccc(CNc2nc(-c3cccc([N+](=O)[O-])c3)c(CN3CCCCC3)s2)cc1OC.COc1ccc(CNc2nc(-c3cccc([N+](=O)[O-])c3)cs2)cc1OC. The number of ether oxygens (including phenoxy) is 4. The quantitative estimate of drug-likeness (QED) is 0.0615. The number of anilines is 2. The molecule has 2 aliphatic rings. The fourth-order valence-corrected chi connectivity index (χ4v) is 8.82. The number of hydrogen-bond acceptors (Lipinski definition) is 16. The van der Waals surface area contributed by atoms with Crippen LogP contribution in [0.15, 0.2) is 90.3 Å². The summed E-state index contributed by atoms with van der Waals surface area (Å²) in [6.07, 6.45) is 6.46. The first-order valence-electron chi connectivity index (χ1n) is 21.0. The Morgan fingerprint density at radius 1 is 0.656 bits per heavy atom. The van der Waals surface area contributed by atoms with Crippen molar-refractivity contribution in [3.8, 4) is 45.5 Å². The van der Waals surface area contributed by atoms with Gasteiger partial charge in [0.2, 0.25) is 0 Å². The van der Waals surface area contributed by atoms with Gasteiger partial charge in [-0.05, 0) is 87.3 Å².